The van der Waals surface area contributed by atoms with E-state index in [1.807, 2.05) is 6.20 Å². The fraction of sp³-hybridized carbons (Fsp3) is 0.700. The maximum absolute atomic E-state index is 5.82. The standard InChI is InChI=1S/C10H15ClN2S2/c1-7-4-13(5-8(2)14-7)6-9-3-12-10(11)15-9/h3,7-8H,4-6H2,1-2H3. The Hall–Kier alpha value is 0.230. The molecule has 0 amide bonds. The van der Waals surface area contributed by atoms with Crippen LogP contribution in [0.15, 0.2) is 6.20 Å². The van der Waals surface area contributed by atoms with E-state index >= 15 is 0 Å². The van der Waals surface area contributed by atoms with Crippen LogP contribution in [-0.2, 0) is 6.54 Å². The maximum Gasteiger partial charge on any atom is 0.183 e. The Morgan fingerprint density at radius 2 is 2.13 bits per heavy atom. The van der Waals surface area contributed by atoms with Gasteiger partial charge >= 0.3 is 0 Å². The smallest absolute Gasteiger partial charge is 0.183 e. The first-order valence-corrected chi connectivity index (χ1v) is 7.25. The largest absolute Gasteiger partial charge is 0.296 e. The molecule has 1 saturated heterocycles. The molecule has 0 spiro atoms. The molecule has 2 heterocycles. The summed E-state index contributed by atoms with van der Waals surface area (Å²) in [6, 6.07) is 0. The lowest BCUT2D eigenvalue weighted by Gasteiger charge is -2.34. The van der Waals surface area contributed by atoms with E-state index < -0.39 is 0 Å². The molecule has 1 aromatic heterocycles. The van der Waals surface area contributed by atoms with E-state index in [0.717, 1.165) is 17.0 Å². The molecule has 84 valence electrons. The topological polar surface area (TPSA) is 16.1 Å². The fourth-order valence-corrected chi connectivity index (χ4v) is 4.40. The third-order valence-corrected chi connectivity index (χ3v) is 4.73. The van der Waals surface area contributed by atoms with Crippen molar-refractivity contribution < 1.29 is 0 Å². The lowest BCUT2D eigenvalue weighted by atomic mass is 10.3. The molecule has 2 atom stereocenters. The van der Waals surface area contributed by atoms with Crippen LogP contribution in [0, 0.1) is 0 Å². The molecule has 15 heavy (non-hydrogen) atoms. The molecular formula is C10H15ClN2S2. The van der Waals surface area contributed by atoms with Gasteiger partial charge in [0.25, 0.3) is 0 Å². The first-order chi connectivity index (χ1) is 7.13. The number of thioether (sulfide) groups is 1. The second-order valence-corrected chi connectivity index (χ2v) is 7.61. The zero-order valence-corrected chi connectivity index (χ0v) is 11.3. The number of halogens is 1. The third kappa shape index (κ3) is 3.34. The van der Waals surface area contributed by atoms with Gasteiger partial charge in [-0.2, -0.15) is 11.8 Å². The van der Waals surface area contributed by atoms with Crippen molar-refractivity contribution in [3.05, 3.63) is 15.5 Å². The Morgan fingerprint density at radius 1 is 1.47 bits per heavy atom. The summed E-state index contributed by atoms with van der Waals surface area (Å²) in [7, 11) is 0. The van der Waals surface area contributed by atoms with Crippen molar-refractivity contribution in [1.82, 2.24) is 9.88 Å². The lowest BCUT2D eigenvalue weighted by molar-refractivity contribution is 0.265. The molecule has 0 aromatic carbocycles. The third-order valence-electron chi connectivity index (χ3n) is 2.40. The van der Waals surface area contributed by atoms with Gasteiger partial charge in [0, 0.05) is 41.2 Å². The molecule has 0 N–H and O–H groups in total. The highest BCUT2D eigenvalue weighted by Crippen LogP contribution is 2.27. The minimum atomic E-state index is 0.650. The van der Waals surface area contributed by atoms with E-state index in [4.69, 9.17) is 11.6 Å². The van der Waals surface area contributed by atoms with Gasteiger partial charge in [0.2, 0.25) is 0 Å². The molecule has 1 fully saturated rings. The number of nitrogens with zero attached hydrogens (tertiary/aromatic N) is 2. The van der Waals surface area contributed by atoms with Gasteiger partial charge in [0.1, 0.15) is 0 Å². The SMILES string of the molecule is CC1CN(Cc2cnc(Cl)s2)CC(C)S1. The molecule has 2 unspecified atom stereocenters. The van der Waals surface area contributed by atoms with Crippen LogP contribution in [0.3, 0.4) is 0 Å². The number of hydrogen-bond donors (Lipinski definition) is 0. The van der Waals surface area contributed by atoms with Crippen molar-refractivity contribution >= 4 is 34.7 Å². The first kappa shape index (κ1) is 11.7. The molecule has 1 aliphatic heterocycles. The monoisotopic (exact) mass is 262 g/mol. The predicted octanol–water partition coefficient (Wildman–Crippen LogP) is 3.12. The van der Waals surface area contributed by atoms with Crippen LogP contribution >= 0.6 is 34.7 Å². The zero-order valence-electron chi connectivity index (χ0n) is 8.94. The van der Waals surface area contributed by atoms with Gasteiger partial charge in [-0.3, -0.25) is 4.90 Å². The summed E-state index contributed by atoms with van der Waals surface area (Å²) in [5.74, 6) is 0. The molecule has 2 nitrogen and oxygen atoms in total. The van der Waals surface area contributed by atoms with E-state index in [1.165, 1.54) is 18.0 Å². The quantitative estimate of drug-likeness (QED) is 0.815. The van der Waals surface area contributed by atoms with Crippen LogP contribution in [0.25, 0.3) is 0 Å². The van der Waals surface area contributed by atoms with Crippen LogP contribution in [0.5, 0.6) is 0 Å². The van der Waals surface area contributed by atoms with Crippen LogP contribution in [0.4, 0.5) is 0 Å². The minimum absolute atomic E-state index is 0.650. The summed E-state index contributed by atoms with van der Waals surface area (Å²) >= 11 is 9.49. The Bertz CT molecular complexity index is 319. The molecule has 0 saturated carbocycles. The summed E-state index contributed by atoms with van der Waals surface area (Å²) in [6.07, 6.45) is 1.89. The first-order valence-electron chi connectivity index (χ1n) is 5.11. The van der Waals surface area contributed by atoms with E-state index in [0.29, 0.717) is 4.47 Å². The molecular weight excluding hydrogens is 248 g/mol. The second kappa shape index (κ2) is 5.04. The number of hydrogen-bond acceptors (Lipinski definition) is 4. The van der Waals surface area contributed by atoms with Gasteiger partial charge in [0.15, 0.2) is 4.47 Å². The number of aromatic nitrogens is 1. The van der Waals surface area contributed by atoms with Crippen LogP contribution in [0.1, 0.15) is 18.7 Å². The van der Waals surface area contributed by atoms with Crippen molar-refractivity contribution in [3.63, 3.8) is 0 Å². The van der Waals surface area contributed by atoms with Gasteiger partial charge in [-0.25, -0.2) is 4.98 Å². The lowest BCUT2D eigenvalue weighted by Crippen LogP contribution is -2.39. The zero-order chi connectivity index (χ0) is 10.8. The summed E-state index contributed by atoms with van der Waals surface area (Å²) < 4.78 is 0.650. The molecule has 5 heteroatoms. The summed E-state index contributed by atoms with van der Waals surface area (Å²) in [5, 5.41) is 1.47. The average Bonchev–Trinajstić information content (AvgIpc) is 2.49. The van der Waals surface area contributed by atoms with Crippen molar-refractivity contribution in [2.24, 2.45) is 0 Å². The summed E-state index contributed by atoms with van der Waals surface area (Å²) in [6.45, 7) is 7.94. The fourth-order valence-electron chi connectivity index (χ4n) is 1.99. The summed E-state index contributed by atoms with van der Waals surface area (Å²) in [5.41, 5.74) is 0. The molecule has 0 bridgehead atoms. The van der Waals surface area contributed by atoms with Crippen molar-refractivity contribution in [2.45, 2.75) is 30.9 Å². The Balaban J connectivity index is 1.94. The van der Waals surface area contributed by atoms with Crippen molar-refractivity contribution in [3.8, 4) is 0 Å². The normalized spacial score (nSPS) is 28.2. The Morgan fingerprint density at radius 3 is 2.67 bits per heavy atom. The highest BCUT2D eigenvalue weighted by Gasteiger charge is 2.22. The molecule has 0 aliphatic carbocycles. The van der Waals surface area contributed by atoms with Gasteiger partial charge < -0.3 is 0 Å². The average molecular weight is 263 g/mol. The van der Waals surface area contributed by atoms with Crippen molar-refractivity contribution in [2.75, 3.05) is 13.1 Å². The van der Waals surface area contributed by atoms with Gasteiger partial charge in [-0.1, -0.05) is 25.4 Å². The second-order valence-electron chi connectivity index (χ2n) is 4.03. The highest BCUT2D eigenvalue weighted by molar-refractivity contribution is 8.00. The Kier molecular flexibility index (Phi) is 3.93. The Labute approximate surface area is 104 Å². The van der Waals surface area contributed by atoms with Gasteiger partial charge in [0.05, 0.1) is 0 Å². The summed E-state index contributed by atoms with van der Waals surface area (Å²) in [4.78, 5) is 7.84. The van der Waals surface area contributed by atoms with E-state index in [9.17, 15) is 0 Å². The van der Waals surface area contributed by atoms with Crippen LogP contribution < -0.4 is 0 Å². The highest BCUT2D eigenvalue weighted by atomic mass is 35.5. The maximum atomic E-state index is 5.82. The number of thiazole rings is 1. The van der Waals surface area contributed by atoms with Gasteiger partial charge in [-0.15, -0.1) is 11.3 Å². The molecule has 2 rings (SSSR count). The number of rotatable bonds is 2. The van der Waals surface area contributed by atoms with Gasteiger partial charge in [-0.05, 0) is 0 Å². The van der Waals surface area contributed by atoms with E-state index in [2.05, 4.69) is 35.5 Å². The van der Waals surface area contributed by atoms with Crippen LogP contribution in [0.2, 0.25) is 4.47 Å². The molecule has 0 radical (unpaired) electrons. The van der Waals surface area contributed by atoms with E-state index in [1.54, 1.807) is 11.3 Å². The molecule has 1 aromatic rings. The van der Waals surface area contributed by atoms with Crippen LogP contribution in [-0.4, -0.2) is 33.5 Å². The minimum Gasteiger partial charge on any atom is -0.296 e. The molecule has 1 aliphatic rings. The predicted molar refractivity (Wildman–Crippen MR) is 68.9 cm³/mol. The van der Waals surface area contributed by atoms with Crippen molar-refractivity contribution in [1.29, 1.82) is 0 Å². The van der Waals surface area contributed by atoms with E-state index in [-0.39, 0.29) is 0 Å².